The summed E-state index contributed by atoms with van der Waals surface area (Å²) in [7, 11) is 1.74. The molecule has 1 aliphatic rings. The maximum Gasteiger partial charge on any atom is 0.122 e. The van der Waals surface area contributed by atoms with Gasteiger partial charge in [-0.3, -0.25) is 0 Å². The highest BCUT2D eigenvalue weighted by Crippen LogP contribution is 2.19. The standard InChI is InChI=1S/C14H21NOS/c1-16-14-7-3-2-5-12(14)6-4-9-15-13-8-10-17-11-13/h2-3,5,7,13,15H,4,6,8-11H2,1H3/t13-/m1/s1. The molecule has 2 nitrogen and oxygen atoms in total. The van der Waals surface area contributed by atoms with Gasteiger partial charge in [-0.15, -0.1) is 0 Å². The molecular formula is C14H21NOS. The topological polar surface area (TPSA) is 21.3 Å². The Labute approximate surface area is 108 Å². The minimum atomic E-state index is 0.748. The average Bonchev–Trinajstić information content (AvgIpc) is 2.88. The van der Waals surface area contributed by atoms with Crippen molar-refractivity contribution < 1.29 is 4.74 Å². The van der Waals surface area contributed by atoms with Crippen molar-refractivity contribution in [1.82, 2.24) is 5.32 Å². The van der Waals surface area contributed by atoms with E-state index in [1.807, 2.05) is 12.1 Å². The van der Waals surface area contributed by atoms with Crippen LogP contribution in [0.1, 0.15) is 18.4 Å². The van der Waals surface area contributed by atoms with Crippen molar-refractivity contribution in [2.24, 2.45) is 0 Å². The Hall–Kier alpha value is -0.670. The molecule has 0 aromatic heterocycles. The maximum atomic E-state index is 5.35. The van der Waals surface area contributed by atoms with Crippen LogP contribution in [-0.4, -0.2) is 31.2 Å². The molecule has 94 valence electrons. The van der Waals surface area contributed by atoms with E-state index in [-0.39, 0.29) is 0 Å². The number of hydrogen-bond donors (Lipinski definition) is 1. The Morgan fingerprint density at radius 2 is 2.29 bits per heavy atom. The number of hydrogen-bond acceptors (Lipinski definition) is 3. The summed E-state index contributed by atoms with van der Waals surface area (Å²) < 4.78 is 5.35. The van der Waals surface area contributed by atoms with Crippen LogP contribution in [0.15, 0.2) is 24.3 Å². The zero-order chi connectivity index (χ0) is 11.9. The van der Waals surface area contributed by atoms with Gasteiger partial charge in [0.25, 0.3) is 0 Å². The molecule has 0 amide bonds. The van der Waals surface area contributed by atoms with E-state index in [0.717, 1.165) is 24.8 Å². The molecule has 1 fully saturated rings. The molecule has 1 aromatic carbocycles. The third-order valence-corrected chi connectivity index (χ3v) is 4.34. The first-order valence-corrected chi connectivity index (χ1v) is 7.48. The molecule has 1 N–H and O–H groups in total. The molecule has 0 spiro atoms. The highest BCUT2D eigenvalue weighted by atomic mass is 32.2. The molecule has 1 heterocycles. The van der Waals surface area contributed by atoms with Gasteiger partial charge in [-0.2, -0.15) is 11.8 Å². The predicted molar refractivity (Wildman–Crippen MR) is 75.0 cm³/mol. The van der Waals surface area contributed by atoms with Crippen molar-refractivity contribution in [2.45, 2.75) is 25.3 Å². The summed E-state index contributed by atoms with van der Waals surface area (Å²) in [5.41, 5.74) is 1.32. The molecule has 0 unspecified atom stereocenters. The van der Waals surface area contributed by atoms with Crippen LogP contribution >= 0.6 is 11.8 Å². The largest absolute Gasteiger partial charge is 0.496 e. The van der Waals surface area contributed by atoms with Crippen LogP contribution in [0.4, 0.5) is 0 Å². The highest BCUT2D eigenvalue weighted by Gasteiger charge is 2.13. The molecule has 1 aliphatic heterocycles. The fourth-order valence-corrected chi connectivity index (χ4v) is 3.38. The van der Waals surface area contributed by atoms with Gasteiger partial charge in [-0.25, -0.2) is 0 Å². The van der Waals surface area contributed by atoms with Crippen molar-refractivity contribution in [3.8, 4) is 5.75 Å². The van der Waals surface area contributed by atoms with Gasteiger partial charge in [0.15, 0.2) is 0 Å². The number of methoxy groups -OCH3 is 1. The van der Waals surface area contributed by atoms with Crippen molar-refractivity contribution in [1.29, 1.82) is 0 Å². The summed E-state index contributed by atoms with van der Waals surface area (Å²) in [6.07, 6.45) is 3.61. The smallest absolute Gasteiger partial charge is 0.122 e. The summed E-state index contributed by atoms with van der Waals surface area (Å²) in [5, 5.41) is 3.63. The molecule has 1 saturated heterocycles. The quantitative estimate of drug-likeness (QED) is 0.786. The summed E-state index contributed by atoms with van der Waals surface area (Å²) in [5.74, 6) is 3.63. The Balaban J connectivity index is 1.70. The normalized spacial score (nSPS) is 19.5. The van der Waals surface area contributed by atoms with Crippen molar-refractivity contribution in [3.63, 3.8) is 0 Å². The van der Waals surface area contributed by atoms with Crippen LogP contribution in [0.2, 0.25) is 0 Å². The maximum absolute atomic E-state index is 5.35. The average molecular weight is 251 g/mol. The van der Waals surface area contributed by atoms with Crippen LogP contribution in [-0.2, 0) is 6.42 Å². The lowest BCUT2D eigenvalue weighted by Crippen LogP contribution is -2.29. The van der Waals surface area contributed by atoms with E-state index < -0.39 is 0 Å². The van der Waals surface area contributed by atoms with Crippen molar-refractivity contribution >= 4 is 11.8 Å². The number of ether oxygens (including phenoxy) is 1. The van der Waals surface area contributed by atoms with Crippen LogP contribution in [0.25, 0.3) is 0 Å². The van der Waals surface area contributed by atoms with Crippen molar-refractivity contribution in [2.75, 3.05) is 25.2 Å². The Kier molecular flexibility index (Phi) is 5.20. The van der Waals surface area contributed by atoms with Crippen LogP contribution in [0, 0.1) is 0 Å². The third-order valence-electron chi connectivity index (χ3n) is 3.18. The summed E-state index contributed by atoms with van der Waals surface area (Å²) in [6.45, 7) is 1.11. The SMILES string of the molecule is COc1ccccc1CCCN[C@@H]1CCSC1. The number of para-hydroxylation sites is 1. The number of nitrogens with one attached hydrogen (secondary N) is 1. The second-order valence-corrected chi connectivity index (χ2v) is 5.58. The molecule has 0 bridgehead atoms. The predicted octanol–water partition coefficient (Wildman–Crippen LogP) is 2.72. The van der Waals surface area contributed by atoms with E-state index in [9.17, 15) is 0 Å². The van der Waals surface area contributed by atoms with E-state index in [1.165, 1.54) is 29.9 Å². The molecule has 1 atom stereocenters. The van der Waals surface area contributed by atoms with Crippen LogP contribution in [0.3, 0.4) is 0 Å². The molecular weight excluding hydrogens is 230 g/mol. The molecule has 1 aromatic rings. The summed E-state index contributed by atoms with van der Waals surface area (Å²) in [6, 6.07) is 9.05. The van der Waals surface area contributed by atoms with Crippen LogP contribution < -0.4 is 10.1 Å². The molecule has 0 radical (unpaired) electrons. The fourth-order valence-electron chi connectivity index (χ4n) is 2.19. The van der Waals surface area contributed by atoms with Gasteiger partial charge < -0.3 is 10.1 Å². The van der Waals surface area contributed by atoms with Gasteiger partial charge in [0.05, 0.1) is 7.11 Å². The van der Waals surface area contributed by atoms with Gasteiger partial charge in [-0.05, 0) is 43.2 Å². The lowest BCUT2D eigenvalue weighted by molar-refractivity contribution is 0.408. The molecule has 0 aliphatic carbocycles. The lowest BCUT2D eigenvalue weighted by atomic mass is 10.1. The molecule has 0 saturated carbocycles. The van der Waals surface area contributed by atoms with Gasteiger partial charge >= 0.3 is 0 Å². The monoisotopic (exact) mass is 251 g/mol. The number of rotatable bonds is 6. The first kappa shape index (κ1) is 12.8. The van der Waals surface area contributed by atoms with E-state index in [0.29, 0.717) is 0 Å². The third kappa shape index (κ3) is 3.93. The minimum absolute atomic E-state index is 0.748. The Morgan fingerprint density at radius 3 is 3.06 bits per heavy atom. The second kappa shape index (κ2) is 6.92. The number of thioether (sulfide) groups is 1. The van der Waals surface area contributed by atoms with E-state index in [1.54, 1.807) is 7.11 Å². The number of benzene rings is 1. The number of aryl methyl sites for hydroxylation is 1. The van der Waals surface area contributed by atoms with E-state index in [2.05, 4.69) is 29.2 Å². The fraction of sp³-hybridized carbons (Fsp3) is 0.571. The van der Waals surface area contributed by atoms with Gasteiger partial charge in [-0.1, -0.05) is 18.2 Å². The zero-order valence-electron chi connectivity index (χ0n) is 10.4. The first-order chi connectivity index (χ1) is 8.40. The lowest BCUT2D eigenvalue weighted by Gasteiger charge is -2.12. The molecule has 3 heteroatoms. The summed E-state index contributed by atoms with van der Waals surface area (Å²) in [4.78, 5) is 0. The van der Waals surface area contributed by atoms with Gasteiger partial charge in [0.2, 0.25) is 0 Å². The summed E-state index contributed by atoms with van der Waals surface area (Å²) >= 11 is 2.06. The van der Waals surface area contributed by atoms with Gasteiger partial charge in [0.1, 0.15) is 5.75 Å². The Morgan fingerprint density at radius 1 is 1.41 bits per heavy atom. The minimum Gasteiger partial charge on any atom is -0.496 e. The Bertz CT molecular complexity index is 337. The molecule has 2 rings (SSSR count). The highest BCUT2D eigenvalue weighted by molar-refractivity contribution is 7.99. The van der Waals surface area contributed by atoms with Gasteiger partial charge in [0, 0.05) is 11.8 Å². The van der Waals surface area contributed by atoms with E-state index >= 15 is 0 Å². The van der Waals surface area contributed by atoms with Crippen molar-refractivity contribution in [3.05, 3.63) is 29.8 Å². The van der Waals surface area contributed by atoms with Crippen LogP contribution in [0.5, 0.6) is 5.75 Å². The molecule has 17 heavy (non-hydrogen) atoms. The zero-order valence-corrected chi connectivity index (χ0v) is 11.3. The first-order valence-electron chi connectivity index (χ1n) is 6.33. The second-order valence-electron chi connectivity index (χ2n) is 4.43. The van der Waals surface area contributed by atoms with E-state index in [4.69, 9.17) is 4.74 Å².